The molecular weight excluding hydrogens is 815 g/mol. The number of amides is 1. The van der Waals surface area contributed by atoms with Gasteiger partial charge in [0.15, 0.2) is 0 Å². The summed E-state index contributed by atoms with van der Waals surface area (Å²) in [7, 11) is 0. The quantitative estimate of drug-likeness (QED) is 0.0417. The van der Waals surface area contributed by atoms with E-state index in [4.69, 9.17) is 4.74 Å². The summed E-state index contributed by atoms with van der Waals surface area (Å²) in [4.78, 5) is 24.5. The molecule has 0 bridgehead atoms. The highest BCUT2D eigenvalue weighted by atomic mass is 16.5. The normalized spacial score (nSPS) is 12.5. The number of aliphatic hydroxyl groups excluding tert-OH is 2. The van der Waals surface area contributed by atoms with Crippen LogP contribution in [0.3, 0.4) is 0 Å². The minimum Gasteiger partial charge on any atom is -0.466 e. The first-order valence-corrected chi connectivity index (χ1v) is 30.3. The first-order valence-electron chi connectivity index (χ1n) is 30.3. The Morgan fingerprint density at radius 1 is 0.364 bits per heavy atom. The molecule has 6 heteroatoms. The molecule has 0 spiro atoms. The molecular formula is C60H119NO5. The van der Waals surface area contributed by atoms with Gasteiger partial charge in [-0.3, -0.25) is 9.59 Å². The minimum atomic E-state index is -0.663. The van der Waals surface area contributed by atoms with Crippen LogP contribution in [0.1, 0.15) is 348 Å². The number of aliphatic hydroxyl groups is 2. The highest BCUT2D eigenvalue weighted by Crippen LogP contribution is 2.18. The lowest BCUT2D eigenvalue weighted by atomic mass is 10.0. The van der Waals surface area contributed by atoms with Gasteiger partial charge in [0, 0.05) is 12.8 Å². The predicted octanol–water partition coefficient (Wildman–Crippen LogP) is 18.7. The van der Waals surface area contributed by atoms with Gasteiger partial charge in [-0.2, -0.15) is 0 Å². The Hall–Kier alpha value is -1.14. The molecule has 0 radical (unpaired) electrons. The average Bonchev–Trinajstić information content (AvgIpc) is 3.32. The van der Waals surface area contributed by atoms with Crippen LogP contribution in [0.15, 0.2) is 0 Å². The molecule has 0 aromatic carbocycles. The molecule has 0 aromatic rings. The average molecular weight is 935 g/mol. The van der Waals surface area contributed by atoms with Crippen molar-refractivity contribution >= 4 is 11.9 Å². The van der Waals surface area contributed by atoms with Gasteiger partial charge in [-0.05, 0) is 25.7 Å². The largest absolute Gasteiger partial charge is 0.466 e. The van der Waals surface area contributed by atoms with Crippen LogP contribution in [0.2, 0.25) is 0 Å². The maximum absolute atomic E-state index is 12.5. The van der Waals surface area contributed by atoms with E-state index in [1.54, 1.807) is 0 Å². The highest BCUT2D eigenvalue weighted by Gasteiger charge is 2.20. The third kappa shape index (κ3) is 52.2. The second kappa shape index (κ2) is 56.4. The van der Waals surface area contributed by atoms with Gasteiger partial charge < -0.3 is 20.3 Å². The second-order valence-corrected chi connectivity index (χ2v) is 21.1. The molecule has 0 fully saturated rings. The maximum Gasteiger partial charge on any atom is 0.305 e. The lowest BCUT2D eigenvalue weighted by Crippen LogP contribution is -2.45. The number of unbranched alkanes of at least 4 members (excludes halogenated alkanes) is 46. The van der Waals surface area contributed by atoms with Crippen LogP contribution in [0.5, 0.6) is 0 Å². The third-order valence-electron chi connectivity index (χ3n) is 14.4. The molecule has 394 valence electrons. The Balaban J connectivity index is 3.37. The SMILES string of the molecule is CCCCCCCCCCCCCCCCCC(O)C(CO)NC(=O)CCCCCCCCCCCCCCCCCCCCCCCOC(=O)CCCCCCCCCCCCCCC. The molecule has 0 aliphatic heterocycles. The summed E-state index contributed by atoms with van der Waals surface area (Å²) in [5, 5.41) is 23.3. The molecule has 66 heavy (non-hydrogen) atoms. The topological polar surface area (TPSA) is 95.9 Å². The fraction of sp³-hybridized carbons (Fsp3) is 0.967. The molecule has 3 N–H and O–H groups in total. The Morgan fingerprint density at radius 3 is 0.924 bits per heavy atom. The lowest BCUT2D eigenvalue weighted by Gasteiger charge is -2.22. The van der Waals surface area contributed by atoms with Gasteiger partial charge in [0.1, 0.15) is 0 Å². The van der Waals surface area contributed by atoms with E-state index in [0.29, 0.717) is 25.9 Å². The molecule has 2 atom stereocenters. The molecule has 1 amide bonds. The zero-order valence-electron chi connectivity index (χ0n) is 45.0. The summed E-state index contributed by atoms with van der Waals surface area (Å²) in [6.07, 6.45) is 65.3. The summed E-state index contributed by atoms with van der Waals surface area (Å²) in [5.74, 6) is -0.0185. The number of carbonyl (C=O) groups is 2. The first kappa shape index (κ1) is 64.9. The number of hydrogen-bond donors (Lipinski definition) is 3. The van der Waals surface area contributed by atoms with Gasteiger partial charge in [0.05, 0.1) is 25.4 Å². The van der Waals surface area contributed by atoms with Crippen molar-refractivity contribution in [2.45, 2.75) is 360 Å². The van der Waals surface area contributed by atoms with Crippen molar-refractivity contribution in [1.82, 2.24) is 5.32 Å². The summed E-state index contributed by atoms with van der Waals surface area (Å²) in [6.45, 7) is 4.98. The van der Waals surface area contributed by atoms with Crippen LogP contribution >= 0.6 is 0 Å². The number of carbonyl (C=O) groups excluding carboxylic acids is 2. The van der Waals surface area contributed by atoms with E-state index in [-0.39, 0.29) is 18.5 Å². The predicted molar refractivity (Wildman–Crippen MR) is 287 cm³/mol. The standard InChI is InChI=1S/C60H119NO5/c1-3-5-7-9-11-13-15-17-25-29-32-36-40-44-48-52-58(63)57(56-62)61-59(64)53-49-45-41-37-33-30-26-23-21-19-18-20-22-24-27-31-35-39-43-47-51-55-66-60(65)54-50-46-42-38-34-28-16-14-12-10-8-6-4-2/h57-58,62-63H,3-56H2,1-2H3,(H,61,64). The lowest BCUT2D eigenvalue weighted by molar-refractivity contribution is -0.143. The van der Waals surface area contributed by atoms with Gasteiger partial charge in [-0.25, -0.2) is 0 Å². The van der Waals surface area contributed by atoms with Crippen LogP contribution in [0.25, 0.3) is 0 Å². The van der Waals surface area contributed by atoms with Crippen molar-refractivity contribution < 1.29 is 24.5 Å². The van der Waals surface area contributed by atoms with Crippen LogP contribution in [-0.2, 0) is 14.3 Å². The van der Waals surface area contributed by atoms with Crippen molar-refractivity contribution in [2.75, 3.05) is 13.2 Å². The molecule has 0 heterocycles. The van der Waals surface area contributed by atoms with Crippen LogP contribution in [0.4, 0.5) is 0 Å². The van der Waals surface area contributed by atoms with Gasteiger partial charge in [-0.15, -0.1) is 0 Å². The molecule has 0 rings (SSSR count). The van der Waals surface area contributed by atoms with E-state index in [2.05, 4.69) is 19.2 Å². The van der Waals surface area contributed by atoms with E-state index in [1.807, 2.05) is 0 Å². The highest BCUT2D eigenvalue weighted by molar-refractivity contribution is 5.76. The Bertz CT molecular complexity index is 944. The molecule has 0 saturated carbocycles. The molecule has 6 nitrogen and oxygen atoms in total. The monoisotopic (exact) mass is 934 g/mol. The van der Waals surface area contributed by atoms with E-state index >= 15 is 0 Å². The fourth-order valence-corrected chi connectivity index (χ4v) is 9.76. The number of esters is 1. The van der Waals surface area contributed by atoms with E-state index < -0.39 is 12.1 Å². The van der Waals surface area contributed by atoms with Gasteiger partial charge in [0.25, 0.3) is 0 Å². The van der Waals surface area contributed by atoms with Crippen molar-refractivity contribution in [2.24, 2.45) is 0 Å². The summed E-state index contributed by atoms with van der Waals surface area (Å²) in [6, 6.07) is -0.540. The smallest absolute Gasteiger partial charge is 0.305 e. The third-order valence-corrected chi connectivity index (χ3v) is 14.4. The summed E-state index contributed by atoms with van der Waals surface area (Å²) >= 11 is 0. The number of hydrogen-bond acceptors (Lipinski definition) is 5. The zero-order chi connectivity index (χ0) is 47.9. The molecule has 2 unspecified atom stereocenters. The van der Waals surface area contributed by atoms with Crippen LogP contribution < -0.4 is 5.32 Å². The molecule has 0 aromatic heterocycles. The number of rotatable bonds is 57. The number of ether oxygens (including phenoxy) is 1. The maximum atomic E-state index is 12.5. The molecule has 0 aliphatic rings. The number of nitrogens with one attached hydrogen (secondary N) is 1. The Kier molecular flexibility index (Phi) is 55.5. The van der Waals surface area contributed by atoms with Crippen molar-refractivity contribution in [3.8, 4) is 0 Å². The Morgan fingerprint density at radius 2 is 0.621 bits per heavy atom. The zero-order valence-corrected chi connectivity index (χ0v) is 45.0. The molecule has 0 saturated heterocycles. The van der Waals surface area contributed by atoms with Gasteiger partial charge in [-0.1, -0.05) is 309 Å². The second-order valence-electron chi connectivity index (χ2n) is 21.1. The van der Waals surface area contributed by atoms with Gasteiger partial charge in [0.2, 0.25) is 5.91 Å². The summed E-state index contributed by atoms with van der Waals surface area (Å²) < 4.78 is 5.48. The van der Waals surface area contributed by atoms with Crippen molar-refractivity contribution in [3.05, 3.63) is 0 Å². The van der Waals surface area contributed by atoms with E-state index in [0.717, 1.165) is 38.5 Å². The fourth-order valence-electron chi connectivity index (χ4n) is 9.76. The first-order chi connectivity index (χ1) is 32.5. The Labute approximate surface area is 413 Å². The van der Waals surface area contributed by atoms with Crippen LogP contribution in [-0.4, -0.2) is 47.4 Å². The molecule has 0 aliphatic carbocycles. The summed E-state index contributed by atoms with van der Waals surface area (Å²) in [5.41, 5.74) is 0. The van der Waals surface area contributed by atoms with Gasteiger partial charge >= 0.3 is 5.97 Å². The minimum absolute atomic E-state index is 0.0145. The van der Waals surface area contributed by atoms with E-state index in [1.165, 1.54) is 276 Å². The van der Waals surface area contributed by atoms with Crippen molar-refractivity contribution in [3.63, 3.8) is 0 Å². The van der Waals surface area contributed by atoms with E-state index in [9.17, 15) is 19.8 Å². The van der Waals surface area contributed by atoms with Crippen molar-refractivity contribution in [1.29, 1.82) is 0 Å². The van der Waals surface area contributed by atoms with Crippen LogP contribution in [0, 0.1) is 0 Å².